The summed E-state index contributed by atoms with van der Waals surface area (Å²) in [5.74, 6) is 1.58. The predicted octanol–water partition coefficient (Wildman–Crippen LogP) is 4.06. The molecule has 0 spiro atoms. The second-order valence-corrected chi connectivity index (χ2v) is 3.91. The molecule has 1 radical (unpaired) electrons. The first-order valence-electron chi connectivity index (χ1n) is 5.01. The van der Waals surface area contributed by atoms with Crippen LogP contribution >= 0.6 is 0 Å². The largest absolute Gasteiger partial charge is 0.0654 e. The van der Waals surface area contributed by atoms with Gasteiger partial charge >= 0.3 is 0 Å². The van der Waals surface area contributed by atoms with Gasteiger partial charge in [0.15, 0.2) is 0 Å². The first-order chi connectivity index (χ1) is 5.16. The minimum Gasteiger partial charge on any atom is -0.0654 e. The van der Waals surface area contributed by atoms with Gasteiger partial charge in [-0.1, -0.05) is 53.4 Å². The van der Waals surface area contributed by atoms with E-state index in [-0.39, 0.29) is 0 Å². The molecule has 0 fully saturated rings. The molecule has 0 nitrogen and oxygen atoms in total. The molecule has 1 atom stereocenters. The highest BCUT2D eigenvalue weighted by atomic mass is 14.1. The second-order valence-electron chi connectivity index (χ2n) is 3.91. The fourth-order valence-corrected chi connectivity index (χ4v) is 1.47. The highest BCUT2D eigenvalue weighted by Gasteiger charge is 2.03. The van der Waals surface area contributed by atoms with Gasteiger partial charge in [-0.25, -0.2) is 0 Å². The lowest BCUT2D eigenvalue weighted by molar-refractivity contribution is 0.503. The Labute approximate surface area is 72.4 Å². The Kier molecular flexibility index (Phi) is 6.69. The van der Waals surface area contributed by atoms with Crippen molar-refractivity contribution in [3.63, 3.8) is 0 Å². The minimum absolute atomic E-state index is 0.756. The van der Waals surface area contributed by atoms with Crippen LogP contribution in [0.3, 0.4) is 0 Å². The zero-order chi connectivity index (χ0) is 8.69. The average Bonchev–Trinajstić information content (AvgIpc) is 1.86. The third-order valence-electron chi connectivity index (χ3n) is 1.98. The predicted molar refractivity (Wildman–Crippen MR) is 52.4 cm³/mol. The Bertz CT molecular complexity index is 74.1. The van der Waals surface area contributed by atoms with E-state index in [1.54, 1.807) is 0 Å². The Morgan fingerprint density at radius 2 is 1.73 bits per heavy atom. The van der Waals surface area contributed by atoms with Crippen molar-refractivity contribution >= 4 is 0 Å². The molecule has 0 heterocycles. The standard InChI is InChI=1S/C11H23/c1-5-6-7-8-11(4)9-10(2)3/h9-11H,5-8H2,1-4H3. The van der Waals surface area contributed by atoms with Crippen molar-refractivity contribution in [3.8, 4) is 0 Å². The summed E-state index contributed by atoms with van der Waals surface area (Å²) in [5, 5.41) is 0. The summed E-state index contributed by atoms with van der Waals surface area (Å²) >= 11 is 0. The van der Waals surface area contributed by atoms with E-state index in [4.69, 9.17) is 0 Å². The molecule has 0 aliphatic heterocycles. The number of unbranched alkanes of at least 4 members (excludes halogenated alkanes) is 2. The van der Waals surface area contributed by atoms with Gasteiger partial charge in [0, 0.05) is 0 Å². The van der Waals surface area contributed by atoms with Crippen molar-refractivity contribution in [1.29, 1.82) is 0 Å². The van der Waals surface area contributed by atoms with Crippen LogP contribution in [-0.4, -0.2) is 0 Å². The van der Waals surface area contributed by atoms with Gasteiger partial charge in [0.2, 0.25) is 0 Å². The van der Waals surface area contributed by atoms with Crippen LogP contribution in [-0.2, 0) is 0 Å². The first kappa shape index (κ1) is 11.0. The summed E-state index contributed by atoms with van der Waals surface area (Å²) in [7, 11) is 0. The molecule has 0 saturated carbocycles. The van der Waals surface area contributed by atoms with Gasteiger partial charge in [0.05, 0.1) is 0 Å². The molecule has 0 aliphatic carbocycles. The van der Waals surface area contributed by atoms with E-state index in [1.165, 1.54) is 25.7 Å². The van der Waals surface area contributed by atoms with E-state index in [9.17, 15) is 0 Å². The SMILES string of the molecule is CCCCCC(C)[CH]C(C)C. The van der Waals surface area contributed by atoms with Gasteiger partial charge in [0.1, 0.15) is 0 Å². The highest BCUT2D eigenvalue weighted by molar-refractivity contribution is 4.75. The molecule has 0 rings (SSSR count). The molecule has 0 heteroatoms. The van der Waals surface area contributed by atoms with Crippen LogP contribution in [0, 0.1) is 18.3 Å². The van der Waals surface area contributed by atoms with Crippen molar-refractivity contribution in [2.75, 3.05) is 0 Å². The lowest BCUT2D eigenvalue weighted by Gasteiger charge is -2.12. The molecule has 11 heavy (non-hydrogen) atoms. The summed E-state index contributed by atoms with van der Waals surface area (Å²) in [6.45, 7) is 9.11. The third kappa shape index (κ3) is 7.90. The van der Waals surface area contributed by atoms with Gasteiger partial charge in [-0.3, -0.25) is 0 Å². The lowest BCUT2D eigenvalue weighted by atomic mass is 9.94. The first-order valence-corrected chi connectivity index (χ1v) is 5.01. The fraction of sp³-hybridized carbons (Fsp3) is 0.909. The van der Waals surface area contributed by atoms with Crippen LogP contribution < -0.4 is 0 Å². The quantitative estimate of drug-likeness (QED) is 0.507. The van der Waals surface area contributed by atoms with Gasteiger partial charge < -0.3 is 0 Å². The van der Waals surface area contributed by atoms with Crippen LogP contribution in [0.15, 0.2) is 0 Å². The van der Waals surface area contributed by atoms with Gasteiger partial charge in [-0.15, -0.1) is 0 Å². The Morgan fingerprint density at radius 1 is 1.09 bits per heavy atom. The van der Waals surface area contributed by atoms with Crippen LogP contribution in [0.2, 0.25) is 0 Å². The third-order valence-corrected chi connectivity index (χ3v) is 1.98. The van der Waals surface area contributed by atoms with E-state index < -0.39 is 0 Å². The lowest BCUT2D eigenvalue weighted by Crippen LogP contribution is -2.00. The van der Waals surface area contributed by atoms with Gasteiger partial charge in [-0.2, -0.15) is 0 Å². The summed E-state index contributed by atoms with van der Waals surface area (Å²) in [4.78, 5) is 0. The van der Waals surface area contributed by atoms with E-state index in [0.717, 1.165) is 11.8 Å². The maximum atomic E-state index is 2.45. The summed E-state index contributed by atoms with van der Waals surface area (Å²) in [5.41, 5.74) is 0. The van der Waals surface area contributed by atoms with Crippen LogP contribution in [0.4, 0.5) is 0 Å². The smallest absolute Gasteiger partial charge is 0.0332 e. The van der Waals surface area contributed by atoms with E-state index in [0.29, 0.717) is 0 Å². The van der Waals surface area contributed by atoms with E-state index >= 15 is 0 Å². The molecular formula is C11H23. The molecule has 0 aromatic heterocycles. The molecule has 0 aromatic carbocycles. The van der Waals surface area contributed by atoms with Crippen molar-refractivity contribution < 1.29 is 0 Å². The van der Waals surface area contributed by atoms with Crippen LogP contribution in [0.1, 0.15) is 53.4 Å². The van der Waals surface area contributed by atoms with Crippen LogP contribution in [0.5, 0.6) is 0 Å². The topological polar surface area (TPSA) is 0 Å². The molecule has 0 aliphatic rings. The van der Waals surface area contributed by atoms with E-state index in [2.05, 4.69) is 34.1 Å². The Balaban J connectivity index is 3.15. The number of hydrogen-bond donors (Lipinski definition) is 0. The Hall–Kier alpha value is 0. The second kappa shape index (κ2) is 6.69. The summed E-state index contributed by atoms with van der Waals surface area (Å²) in [6, 6.07) is 0. The zero-order valence-electron chi connectivity index (χ0n) is 8.56. The van der Waals surface area contributed by atoms with Crippen LogP contribution in [0.25, 0.3) is 0 Å². The zero-order valence-corrected chi connectivity index (χ0v) is 8.56. The Morgan fingerprint density at radius 3 is 2.18 bits per heavy atom. The number of hydrogen-bond acceptors (Lipinski definition) is 0. The molecule has 0 N–H and O–H groups in total. The maximum absolute atomic E-state index is 2.45. The van der Waals surface area contributed by atoms with Crippen molar-refractivity contribution in [1.82, 2.24) is 0 Å². The van der Waals surface area contributed by atoms with Gasteiger partial charge in [0.25, 0.3) is 0 Å². The average molecular weight is 155 g/mol. The molecular weight excluding hydrogens is 132 g/mol. The molecule has 0 saturated heterocycles. The number of rotatable bonds is 6. The highest BCUT2D eigenvalue weighted by Crippen LogP contribution is 2.16. The monoisotopic (exact) mass is 155 g/mol. The fourth-order valence-electron chi connectivity index (χ4n) is 1.47. The van der Waals surface area contributed by atoms with Crippen molar-refractivity contribution in [3.05, 3.63) is 6.42 Å². The summed E-state index contributed by atoms with van der Waals surface area (Å²) < 4.78 is 0. The molecule has 0 aromatic rings. The van der Waals surface area contributed by atoms with E-state index in [1.807, 2.05) is 0 Å². The van der Waals surface area contributed by atoms with Gasteiger partial charge in [-0.05, 0) is 18.3 Å². The normalized spacial score (nSPS) is 13.9. The molecule has 0 amide bonds. The molecule has 67 valence electrons. The van der Waals surface area contributed by atoms with Crippen molar-refractivity contribution in [2.24, 2.45) is 11.8 Å². The minimum atomic E-state index is 0.756. The van der Waals surface area contributed by atoms with Crippen molar-refractivity contribution in [2.45, 2.75) is 53.4 Å². The maximum Gasteiger partial charge on any atom is -0.0332 e. The molecule has 0 bridgehead atoms. The summed E-state index contributed by atoms with van der Waals surface area (Å²) in [6.07, 6.45) is 7.98. The molecule has 1 unspecified atom stereocenters.